The monoisotopic (exact) mass is 386 g/mol. The maximum Gasteiger partial charge on any atom is 0.261 e. The lowest BCUT2D eigenvalue weighted by Gasteiger charge is -2.15. The van der Waals surface area contributed by atoms with Crippen LogP contribution in [0.25, 0.3) is 0 Å². The van der Waals surface area contributed by atoms with Gasteiger partial charge in [-0.3, -0.25) is 19.3 Å². The fraction of sp³-hybridized carbons (Fsp3) is 0.0870. The first kappa shape index (κ1) is 18.4. The highest BCUT2D eigenvalue weighted by Gasteiger charge is 2.34. The van der Waals surface area contributed by atoms with Gasteiger partial charge in [0.25, 0.3) is 17.7 Å². The zero-order valence-corrected chi connectivity index (χ0v) is 15.7. The summed E-state index contributed by atoms with van der Waals surface area (Å²) in [5.41, 5.74) is 2.98. The van der Waals surface area contributed by atoms with E-state index in [1.54, 1.807) is 66.7 Å². The van der Waals surface area contributed by atoms with Crippen LogP contribution in [0, 0.1) is 6.92 Å². The average molecular weight is 386 g/mol. The van der Waals surface area contributed by atoms with Crippen molar-refractivity contribution in [1.82, 2.24) is 4.90 Å². The molecule has 0 saturated heterocycles. The van der Waals surface area contributed by atoms with Crippen molar-refractivity contribution in [2.24, 2.45) is 0 Å². The molecule has 0 atom stereocenters. The molecule has 144 valence electrons. The van der Waals surface area contributed by atoms with Crippen molar-refractivity contribution in [2.45, 2.75) is 13.5 Å². The molecule has 3 aromatic carbocycles. The Labute approximate surface area is 167 Å². The molecule has 29 heavy (non-hydrogen) atoms. The topological polar surface area (TPSA) is 86.7 Å². The number of aryl methyl sites for hydroxylation is 1. The highest BCUT2D eigenvalue weighted by atomic mass is 16.3. The molecule has 0 unspecified atom stereocenters. The van der Waals surface area contributed by atoms with E-state index in [0.717, 1.165) is 5.56 Å². The van der Waals surface area contributed by atoms with Crippen LogP contribution in [0.4, 0.5) is 5.69 Å². The molecule has 1 heterocycles. The number of hydrogen-bond acceptors (Lipinski definition) is 4. The molecule has 0 spiro atoms. The van der Waals surface area contributed by atoms with Gasteiger partial charge < -0.3 is 10.4 Å². The van der Waals surface area contributed by atoms with E-state index in [1.807, 2.05) is 6.92 Å². The second kappa shape index (κ2) is 7.24. The van der Waals surface area contributed by atoms with Crippen LogP contribution in [0.15, 0.2) is 66.7 Å². The van der Waals surface area contributed by atoms with Crippen molar-refractivity contribution in [2.75, 3.05) is 5.32 Å². The van der Waals surface area contributed by atoms with Gasteiger partial charge in [-0.15, -0.1) is 0 Å². The van der Waals surface area contributed by atoms with Crippen molar-refractivity contribution < 1.29 is 19.5 Å². The van der Waals surface area contributed by atoms with Crippen LogP contribution in [0.1, 0.15) is 42.2 Å². The van der Waals surface area contributed by atoms with Gasteiger partial charge in [0.15, 0.2) is 0 Å². The van der Waals surface area contributed by atoms with Crippen LogP contribution in [0.3, 0.4) is 0 Å². The molecule has 0 radical (unpaired) electrons. The number of phenolic OH excluding ortho intramolecular Hbond substituents is 1. The summed E-state index contributed by atoms with van der Waals surface area (Å²) in [6.07, 6.45) is 0. The highest BCUT2D eigenvalue weighted by Crippen LogP contribution is 2.26. The van der Waals surface area contributed by atoms with Gasteiger partial charge in [0, 0.05) is 5.56 Å². The van der Waals surface area contributed by atoms with E-state index >= 15 is 0 Å². The Bertz CT molecular complexity index is 1120. The predicted molar refractivity (Wildman–Crippen MR) is 108 cm³/mol. The lowest BCUT2D eigenvalue weighted by atomic mass is 10.1. The summed E-state index contributed by atoms with van der Waals surface area (Å²) in [5.74, 6) is -1.09. The number of amides is 3. The number of nitrogens with zero attached hydrogens (tertiary/aromatic N) is 1. The molecule has 1 aliphatic rings. The molecule has 2 N–H and O–H groups in total. The van der Waals surface area contributed by atoms with Crippen LogP contribution >= 0.6 is 0 Å². The predicted octanol–water partition coefficient (Wildman–Crippen LogP) is 3.75. The van der Waals surface area contributed by atoms with Gasteiger partial charge in [-0.25, -0.2) is 0 Å². The fourth-order valence-electron chi connectivity index (χ4n) is 3.32. The minimum absolute atomic E-state index is 0.0134. The molecular weight excluding hydrogens is 368 g/mol. The van der Waals surface area contributed by atoms with Gasteiger partial charge in [0.1, 0.15) is 5.75 Å². The first-order valence-corrected chi connectivity index (χ1v) is 9.09. The third-order valence-electron chi connectivity index (χ3n) is 4.81. The average Bonchev–Trinajstić information content (AvgIpc) is 2.95. The Morgan fingerprint density at radius 1 is 0.931 bits per heavy atom. The van der Waals surface area contributed by atoms with E-state index in [1.165, 1.54) is 4.90 Å². The second-order valence-electron chi connectivity index (χ2n) is 6.92. The summed E-state index contributed by atoms with van der Waals surface area (Å²) < 4.78 is 0. The molecule has 3 amide bonds. The van der Waals surface area contributed by atoms with E-state index in [9.17, 15) is 19.5 Å². The van der Waals surface area contributed by atoms with Crippen molar-refractivity contribution in [3.63, 3.8) is 0 Å². The number of imide groups is 1. The number of phenols is 1. The zero-order valence-electron chi connectivity index (χ0n) is 15.7. The molecule has 3 aromatic rings. The molecule has 6 nitrogen and oxygen atoms in total. The van der Waals surface area contributed by atoms with Crippen LogP contribution in [0.2, 0.25) is 0 Å². The molecule has 0 fully saturated rings. The third-order valence-corrected chi connectivity index (χ3v) is 4.81. The summed E-state index contributed by atoms with van der Waals surface area (Å²) >= 11 is 0. The minimum atomic E-state index is -0.395. The number of carbonyl (C=O) groups is 3. The highest BCUT2D eigenvalue weighted by molar-refractivity contribution is 6.21. The number of aromatic hydroxyl groups is 1. The van der Waals surface area contributed by atoms with Crippen molar-refractivity contribution in [1.29, 1.82) is 0 Å². The Morgan fingerprint density at radius 2 is 1.62 bits per heavy atom. The van der Waals surface area contributed by atoms with Gasteiger partial charge in [0.05, 0.1) is 23.4 Å². The first-order chi connectivity index (χ1) is 13.9. The Hall–Kier alpha value is -3.93. The van der Waals surface area contributed by atoms with Gasteiger partial charge in [-0.2, -0.15) is 0 Å². The summed E-state index contributed by atoms with van der Waals surface area (Å²) in [4.78, 5) is 38.8. The number of anilines is 1. The van der Waals surface area contributed by atoms with Crippen molar-refractivity contribution >= 4 is 23.4 Å². The standard InChI is InChI=1S/C23H18N2O4/c1-14-9-10-19(20(26)11-14)24-21(27)16-6-4-5-15(12-16)13-25-22(28)17-7-2-3-8-18(17)23(25)29/h2-12,26H,13H2,1H3,(H,24,27). The quantitative estimate of drug-likeness (QED) is 0.528. The number of carbonyl (C=O) groups excluding carboxylic acids is 3. The lowest BCUT2D eigenvalue weighted by Crippen LogP contribution is -2.29. The zero-order chi connectivity index (χ0) is 20.5. The molecule has 0 saturated carbocycles. The molecular formula is C23H18N2O4. The molecule has 4 rings (SSSR count). The number of rotatable bonds is 4. The molecule has 1 aliphatic heterocycles. The second-order valence-corrected chi connectivity index (χ2v) is 6.92. The maximum absolute atomic E-state index is 12.6. The van der Waals surface area contributed by atoms with Crippen molar-refractivity contribution in [3.8, 4) is 5.75 Å². The fourth-order valence-corrected chi connectivity index (χ4v) is 3.32. The van der Waals surface area contributed by atoms with E-state index in [0.29, 0.717) is 27.9 Å². The van der Waals surface area contributed by atoms with Gasteiger partial charge in [-0.05, 0) is 54.4 Å². The molecule has 0 bridgehead atoms. The largest absolute Gasteiger partial charge is 0.506 e. The SMILES string of the molecule is Cc1ccc(NC(=O)c2cccc(CN3C(=O)c4ccccc4C3=O)c2)c(O)c1. The van der Waals surface area contributed by atoms with Gasteiger partial charge in [-0.1, -0.05) is 30.3 Å². The number of fused-ring (bicyclic) bond motifs is 1. The molecule has 6 heteroatoms. The van der Waals surface area contributed by atoms with E-state index < -0.39 is 5.91 Å². The molecule has 0 aliphatic carbocycles. The molecule has 0 aromatic heterocycles. The summed E-state index contributed by atoms with van der Waals surface area (Å²) in [7, 11) is 0. The summed E-state index contributed by atoms with van der Waals surface area (Å²) in [5, 5.41) is 12.6. The van der Waals surface area contributed by atoms with Crippen LogP contribution in [-0.4, -0.2) is 27.7 Å². The number of nitrogens with one attached hydrogen (secondary N) is 1. The minimum Gasteiger partial charge on any atom is -0.506 e. The smallest absolute Gasteiger partial charge is 0.261 e. The number of benzene rings is 3. The van der Waals surface area contributed by atoms with Crippen molar-refractivity contribution in [3.05, 3.63) is 94.5 Å². The van der Waals surface area contributed by atoms with E-state index in [4.69, 9.17) is 0 Å². The maximum atomic E-state index is 12.6. The first-order valence-electron chi connectivity index (χ1n) is 9.09. The lowest BCUT2D eigenvalue weighted by molar-refractivity contribution is 0.0642. The van der Waals surface area contributed by atoms with Gasteiger partial charge >= 0.3 is 0 Å². The Morgan fingerprint density at radius 3 is 2.28 bits per heavy atom. The van der Waals surface area contributed by atoms with E-state index in [-0.39, 0.29) is 24.1 Å². The normalized spacial score (nSPS) is 12.8. The van der Waals surface area contributed by atoms with Crippen LogP contribution < -0.4 is 5.32 Å². The van der Waals surface area contributed by atoms with Gasteiger partial charge in [0.2, 0.25) is 0 Å². The Balaban J connectivity index is 1.53. The van der Waals surface area contributed by atoms with Crippen LogP contribution in [0.5, 0.6) is 5.75 Å². The third kappa shape index (κ3) is 3.48. The number of hydrogen-bond donors (Lipinski definition) is 2. The Kier molecular flexibility index (Phi) is 4.60. The summed E-state index contributed by atoms with van der Waals surface area (Å²) in [6, 6.07) is 18.4. The summed E-state index contributed by atoms with van der Waals surface area (Å²) in [6.45, 7) is 1.91. The van der Waals surface area contributed by atoms with E-state index in [2.05, 4.69) is 5.32 Å². The van der Waals surface area contributed by atoms with Crippen LogP contribution in [-0.2, 0) is 6.54 Å².